The summed E-state index contributed by atoms with van der Waals surface area (Å²) in [4.78, 5) is 12.2. The number of alkyl halides is 3. The van der Waals surface area contributed by atoms with Crippen LogP contribution in [-0.2, 0) is 17.5 Å². The second-order valence-electron chi connectivity index (χ2n) is 6.50. The van der Waals surface area contributed by atoms with E-state index in [1.807, 2.05) is 0 Å². The Balaban J connectivity index is 1.79. The lowest BCUT2D eigenvalue weighted by atomic mass is 10.1. The standard InChI is InChI=1S/C20H15F4N3O2/c1-11-9-27(17-5-3-13(21)6-15(11)17)10-18(28)19(29)26-14-4-2-12(8-25)16(7-14)20(22,23)24/h2-7,9,18,28H,10H2,1H3,(H,26,29)/t18-/m0/s1. The van der Waals surface area contributed by atoms with Crippen LogP contribution in [0.5, 0.6) is 0 Å². The minimum absolute atomic E-state index is 0.176. The van der Waals surface area contributed by atoms with E-state index in [0.29, 0.717) is 17.0 Å². The molecule has 0 aliphatic rings. The number of rotatable bonds is 4. The molecule has 1 atom stereocenters. The first-order valence-electron chi connectivity index (χ1n) is 8.45. The van der Waals surface area contributed by atoms with E-state index in [2.05, 4.69) is 5.32 Å². The van der Waals surface area contributed by atoms with Crippen molar-refractivity contribution in [3.8, 4) is 6.07 Å². The van der Waals surface area contributed by atoms with Crippen molar-refractivity contribution in [3.63, 3.8) is 0 Å². The molecule has 0 spiro atoms. The predicted octanol–water partition coefficient (Wildman–Crippen LogP) is 3.98. The Bertz CT molecular complexity index is 1130. The molecule has 5 nitrogen and oxygen atoms in total. The maximum Gasteiger partial charge on any atom is 0.417 e. The van der Waals surface area contributed by atoms with Crippen LogP contribution >= 0.6 is 0 Å². The second-order valence-corrected chi connectivity index (χ2v) is 6.50. The number of halogens is 4. The van der Waals surface area contributed by atoms with Crippen molar-refractivity contribution in [2.24, 2.45) is 0 Å². The maximum absolute atomic E-state index is 13.4. The van der Waals surface area contributed by atoms with Crippen molar-refractivity contribution in [1.82, 2.24) is 4.57 Å². The van der Waals surface area contributed by atoms with Gasteiger partial charge in [-0.2, -0.15) is 18.4 Å². The average Bonchev–Trinajstić information content (AvgIpc) is 2.95. The molecule has 3 aromatic rings. The Labute approximate surface area is 162 Å². The Morgan fingerprint density at radius 3 is 2.66 bits per heavy atom. The highest BCUT2D eigenvalue weighted by Crippen LogP contribution is 2.33. The molecule has 0 fully saturated rings. The fourth-order valence-electron chi connectivity index (χ4n) is 3.05. The minimum Gasteiger partial charge on any atom is -0.381 e. The summed E-state index contributed by atoms with van der Waals surface area (Å²) in [7, 11) is 0. The molecule has 2 N–H and O–H groups in total. The largest absolute Gasteiger partial charge is 0.417 e. The number of hydrogen-bond acceptors (Lipinski definition) is 3. The van der Waals surface area contributed by atoms with Gasteiger partial charge >= 0.3 is 6.18 Å². The summed E-state index contributed by atoms with van der Waals surface area (Å²) >= 11 is 0. The first kappa shape index (κ1) is 20.4. The van der Waals surface area contributed by atoms with Crippen LogP contribution in [0.25, 0.3) is 10.9 Å². The molecule has 0 saturated heterocycles. The number of carbonyl (C=O) groups is 1. The first-order chi connectivity index (χ1) is 13.6. The third kappa shape index (κ3) is 4.22. The Hall–Kier alpha value is -3.38. The number of nitrogens with zero attached hydrogens (tertiary/aromatic N) is 2. The molecule has 1 heterocycles. The van der Waals surface area contributed by atoms with Crippen molar-refractivity contribution in [2.45, 2.75) is 25.7 Å². The molecule has 2 aromatic carbocycles. The molecule has 9 heteroatoms. The van der Waals surface area contributed by atoms with E-state index in [1.54, 1.807) is 17.7 Å². The van der Waals surface area contributed by atoms with Gasteiger partial charge in [-0.3, -0.25) is 4.79 Å². The van der Waals surface area contributed by atoms with Crippen LogP contribution in [0.1, 0.15) is 16.7 Å². The lowest BCUT2D eigenvalue weighted by Crippen LogP contribution is -2.31. The molecular formula is C20H15F4N3O2. The molecule has 0 bridgehead atoms. The summed E-state index contributed by atoms with van der Waals surface area (Å²) < 4.78 is 54.1. The van der Waals surface area contributed by atoms with E-state index >= 15 is 0 Å². The van der Waals surface area contributed by atoms with E-state index < -0.39 is 35.1 Å². The fraction of sp³-hybridized carbons (Fsp3) is 0.200. The summed E-state index contributed by atoms with van der Waals surface area (Å²) in [5, 5.41) is 21.9. The zero-order chi connectivity index (χ0) is 21.3. The van der Waals surface area contributed by atoms with Crippen molar-refractivity contribution >= 4 is 22.5 Å². The number of carbonyl (C=O) groups excluding carboxylic acids is 1. The van der Waals surface area contributed by atoms with Crippen LogP contribution in [0.15, 0.2) is 42.6 Å². The van der Waals surface area contributed by atoms with Gasteiger partial charge in [-0.05, 0) is 48.9 Å². The van der Waals surface area contributed by atoms with Gasteiger partial charge in [0.25, 0.3) is 5.91 Å². The van der Waals surface area contributed by atoms with Crippen molar-refractivity contribution in [1.29, 1.82) is 5.26 Å². The van der Waals surface area contributed by atoms with E-state index in [1.165, 1.54) is 24.3 Å². The van der Waals surface area contributed by atoms with Gasteiger partial charge in [-0.15, -0.1) is 0 Å². The van der Waals surface area contributed by atoms with Crippen LogP contribution in [0.3, 0.4) is 0 Å². The van der Waals surface area contributed by atoms with E-state index in [0.717, 1.165) is 17.7 Å². The molecule has 0 saturated carbocycles. The monoisotopic (exact) mass is 405 g/mol. The van der Waals surface area contributed by atoms with Crippen molar-refractivity contribution in [3.05, 3.63) is 65.1 Å². The molecule has 150 valence electrons. The highest BCUT2D eigenvalue weighted by molar-refractivity contribution is 5.94. The molecule has 0 radical (unpaired) electrons. The smallest absolute Gasteiger partial charge is 0.381 e. The molecule has 0 aliphatic carbocycles. The number of aryl methyl sites for hydroxylation is 1. The minimum atomic E-state index is -4.76. The van der Waals surface area contributed by atoms with Gasteiger partial charge in [0.15, 0.2) is 6.10 Å². The summed E-state index contributed by atoms with van der Waals surface area (Å²) in [6.45, 7) is 1.57. The number of nitrogens with one attached hydrogen (secondary N) is 1. The SMILES string of the molecule is Cc1cn(C[C@H](O)C(=O)Nc2ccc(C#N)c(C(F)(F)F)c2)c2ccc(F)cc12. The molecule has 1 amide bonds. The molecule has 0 unspecified atom stereocenters. The van der Waals surface area contributed by atoms with Gasteiger partial charge in [0.2, 0.25) is 0 Å². The molecule has 1 aromatic heterocycles. The van der Waals surface area contributed by atoms with Crippen molar-refractivity contribution < 1.29 is 27.5 Å². The zero-order valence-electron chi connectivity index (χ0n) is 15.1. The first-order valence-corrected chi connectivity index (χ1v) is 8.45. The summed E-state index contributed by atoms with van der Waals surface area (Å²) in [6, 6.07) is 8.28. The zero-order valence-corrected chi connectivity index (χ0v) is 15.1. The van der Waals surface area contributed by atoms with Gasteiger partial charge in [0.05, 0.1) is 23.7 Å². The highest BCUT2D eigenvalue weighted by atomic mass is 19.4. The topological polar surface area (TPSA) is 78.1 Å². The second kappa shape index (κ2) is 7.56. The third-order valence-electron chi connectivity index (χ3n) is 4.43. The number of aliphatic hydroxyl groups is 1. The van der Waals surface area contributed by atoms with Crippen molar-refractivity contribution in [2.75, 3.05) is 5.32 Å². The Kier molecular flexibility index (Phi) is 5.31. The van der Waals surface area contributed by atoms with E-state index in [4.69, 9.17) is 5.26 Å². The van der Waals surface area contributed by atoms with Crippen LogP contribution in [0, 0.1) is 24.1 Å². The average molecular weight is 405 g/mol. The fourth-order valence-corrected chi connectivity index (χ4v) is 3.05. The number of nitriles is 1. The lowest BCUT2D eigenvalue weighted by molar-refractivity contribution is -0.137. The summed E-state index contributed by atoms with van der Waals surface area (Å²) in [6.07, 6.45) is -4.69. The Morgan fingerprint density at radius 1 is 1.28 bits per heavy atom. The predicted molar refractivity (Wildman–Crippen MR) is 97.4 cm³/mol. The molecule has 29 heavy (non-hydrogen) atoms. The van der Waals surface area contributed by atoms with E-state index in [-0.39, 0.29) is 12.2 Å². The van der Waals surface area contributed by atoms with Gasteiger partial charge in [-0.1, -0.05) is 0 Å². The number of aromatic nitrogens is 1. The third-order valence-corrected chi connectivity index (χ3v) is 4.43. The van der Waals surface area contributed by atoms with Gasteiger partial charge in [-0.25, -0.2) is 4.39 Å². The normalized spacial score (nSPS) is 12.6. The van der Waals surface area contributed by atoms with Gasteiger partial charge in [0.1, 0.15) is 5.82 Å². The van der Waals surface area contributed by atoms with Crippen LogP contribution in [0.2, 0.25) is 0 Å². The van der Waals surface area contributed by atoms with E-state index in [9.17, 15) is 27.5 Å². The number of amides is 1. The summed E-state index contributed by atoms with van der Waals surface area (Å²) in [5.41, 5.74) is -0.600. The number of aliphatic hydroxyl groups excluding tert-OH is 1. The summed E-state index contributed by atoms with van der Waals surface area (Å²) in [5.74, 6) is -1.33. The van der Waals surface area contributed by atoms with Crippen LogP contribution < -0.4 is 5.32 Å². The Morgan fingerprint density at radius 2 is 2.00 bits per heavy atom. The molecular weight excluding hydrogens is 390 g/mol. The number of anilines is 1. The number of fused-ring (bicyclic) bond motifs is 1. The maximum atomic E-state index is 13.4. The highest BCUT2D eigenvalue weighted by Gasteiger charge is 2.34. The van der Waals surface area contributed by atoms with Crippen LogP contribution in [0.4, 0.5) is 23.2 Å². The quantitative estimate of drug-likeness (QED) is 0.645. The van der Waals surface area contributed by atoms with Crippen LogP contribution in [-0.4, -0.2) is 21.7 Å². The molecule has 0 aliphatic heterocycles. The lowest BCUT2D eigenvalue weighted by Gasteiger charge is -2.15. The number of benzene rings is 2. The molecule has 3 rings (SSSR count). The number of hydrogen-bond donors (Lipinski definition) is 2. The van der Waals surface area contributed by atoms with Gasteiger partial charge < -0.3 is 15.0 Å². The van der Waals surface area contributed by atoms with Gasteiger partial charge in [0, 0.05) is 22.8 Å².